The molecule has 0 unspecified atom stereocenters. The molecule has 0 bridgehead atoms. The molecule has 0 fully saturated rings. The van der Waals surface area contributed by atoms with Crippen LogP contribution in [0, 0.1) is 0 Å². The number of hydrogen-bond acceptors (Lipinski definition) is 4. The third-order valence-corrected chi connectivity index (χ3v) is 5.26. The molecule has 1 heterocycles. The molecular formula is C20H24N2O2S. The zero-order chi connectivity index (χ0) is 17.5. The van der Waals surface area contributed by atoms with E-state index in [1.165, 1.54) is 42.6 Å². The number of benzene rings is 1. The summed E-state index contributed by atoms with van der Waals surface area (Å²) < 4.78 is 5.17. The third kappa shape index (κ3) is 5.16. The minimum atomic E-state index is -0.0753. The molecule has 1 N–H and O–H groups in total. The first-order valence-corrected chi connectivity index (χ1v) is 9.66. The first kappa shape index (κ1) is 17.7. The summed E-state index contributed by atoms with van der Waals surface area (Å²) in [6.45, 7) is 0.690. The Labute approximate surface area is 152 Å². The fourth-order valence-corrected chi connectivity index (χ4v) is 3.78. The number of nitrogens with zero attached hydrogens (tertiary/aromatic N) is 1. The maximum Gasteiger partial charge on any atom is 0.270 e. The summed E-state index contributed by atoms with van der Waals surface area (Å²) in [6.07, 6.45) is 8.95. The van der Waals surface area contributed by atoms with Crippen LogP contribution in [0.15, 0.2) is 41.3 Å². The molecule has 0 radical (unpaired) electrons. The molecule has 1 amide bonds. The normalized spacial score (nSPS) is 14.0. The van der Waals surface area contributed by atoms with Crippen molar-refractivity contribution in [2.45, 2.75) is 38.5 Å². The number of carbonyl (C=O) groups is 1. The number of carbonyl (C=O) groups excluding carboxylic acids is 1. The molecule has 5 heteroatoms. The average Bonchev–Trinajstić information content (AvgIpc) is 3.12. The van der Waals surface area contributed by atoms with Crippen molar-refractivity contribution < 1.29 is 9.53 Å². The number of hydrogen-bond donors (Lipinski definition) is 1. The Morgan fingerprint density at radius 2 is 2.12 bits per heavy atom. The zero-order valence-corrected chi connectivity index (χ0v) is 15.4. The highest BCUT2D eigenvalue weighted by Gasteiger charge is 2.11. The minimum absolute atomic E-state index is 0.0753. The third-order valence-electron chi connectivity index (χ3n) is 4.42. The molecule has 0 aliphatic heterocycles. The van der Waals surface area contributed by atoms with Crippen LogP contribution in [0.3, 0.4) is 0 Å². The van der Waals surface area contributed by atoms with Gasteiger partial charge in [0, 0.05) is 18.3 Å². The van der Waals surface area contributed by atoms with Gasteiger partial charge in [0.1, 0.15) is 11.4 Å². The molecule has 0 saturated carbocycles. The van der Waals surface area contributed by atoms with Gasteiger partial charge in [0.25, 0.3) is 5.91 Å². The van der Waals surface area contributed by atoms with Crippen LogP contribution >= 0.6 is 11.3 Å². The van der Waals surface area contributed by atoms with Crippen molar-refractivity contribution >= 4 is 17.2 Å². The summed E-state index contributed by atoms with van der Waals surface area (Å²) in [7, 11) is 1.66. The zero-order valence-electron chi connectivity index (χ0n) is 14.6. The molecule has 0 spiro atoms. The van der Waals surface area contributed by atoms with Crippen LogP contribution in [0.1, 0.15) is 53.2 Å². The SMILES string of the molecule is COc1ccc(Cc2nc(C(=O)NCCC3=CCCCC3)cs2)cc1. The lowest BCUT2D eigenvalue weighted by Gasteiger charge is -2.12. The van der Waals surface area contributed by atoms with Gasteiger partial charge in [0.05, 0.1) is 12.1 Å². The van der Waals surface area contributed by atoms with Crippen molar-refractivity contribution in [2.75, 3.05) is 13.7 Å². The maximum atomic E-state index is 12.2. The second kappa shape index (κ2) is 8.81. The van der Waals surface area contributed by atoms with Crippen LogP contribution in [-0.4, -0.2) is 24.5 Å². The summed E-state index contributed by atoms with van der Waals surface area (Å²) in [6, 6.07) is 7.93. The molecule has 1 aliphatic rings. The highest BCUT2D eigenvalue weighted by Crippen LogP contribution is 2.20. The number of thiazole rings is 1. The Morgan fingerprint density at radius 1 is 1.28 bits per heavy atom. The lowest BCUT2D eigenvalue weighted by atomic mass is 9.97. The second-order valence-corrected chi connectivity index (χ2v) is 7.21. The van der Waals surface area contributed by atoms with Crippen molar-refractivity contribution in [3.8, 4) is 5.75 Å². The van der Waals surface area contributed by atoms with Gasteiger partial charge in [-0.2, -0.15) is 0 Å². The molecule has 4 nitrogen and oxygen atoms in total. The van der Waals surface area contributed by atoms with Gasteiger partial charge in [-0.05, 0) is 49.8 Å². The van der Waals surface area contributed by atoms with Crippen LogP contribution in [-0.2, 0) is 6.42 Å². The molecule has 25 heavy (non-hydrogen) atoms. The highest BCUT2D eigenvalue weighted by molar-refractivity contribution is 7.09. The summed E-state index contributed by atoms with van der Waals surface area (Å²) in [5.41, 5.74) is 3.16. The second-order valence-electron chi connectivity index (χ2n) is 6.27. The average molecular weight is 356 g/mol. The van der Waals surface area contributed by atoms with Crippen LogP contribution in [0.2, 0.25) is 0 Å². The van der Waals surface area contributed by atoms with Crippen molar-refractivity contribution in [3.63, 3.8) is 0 Å². The van der Waals surface area contributed by atoms with Gasteiger partial charge in [-0.1, -0.05) is 23.8 Å². The van der Waals surface area contributed by atoms with Gasteiger partial charge >= 0.3 is 0 Å². The first-order valence-electron chi connectivity index (χ1n) is 8.78. The maximum absolute atomic E-state index is 12.2. The van der Waals surface area contributed by atoms with Crippen molar-refractivity contribution in [1.82, 2.24) is 10.3 Å². The molecule has 1 aromatic carbocycles. The van der Waals surface area contributed by atoms with E-state index in [2.05, 4.69) is 16.4 Å². The molecule has 0 atom stereocenters. The van der Waals surface area contributed by atoms with Crippen LogP contribution < -0.4 is 10.1 Å². The summed E-state index contributed by atoms with van der Waals surface area (Å²) in [5, 5.41) is 5.78. The van der Waals surface area contributed by atoms with E-state index in [4.69, 9.17) is 4.74 Å². The highest BCUT2D eigenvalue weighted by atomic mass is 32.1. The number of rotatable bonds is 7. The Bertz CT molecular complexity index is 734. The molecule has 1 aliphatic carbocycles. The number of methoxy groups -OCH3 is 1. The molecule has 3 rings (SSSR count). The Balaban J connectivity index is 1.49. The first-order chi connectivity index (χ1) is 12.2. The van der Waals surface area contributed by atoms with Crippen molar-refractivity contribution in [3.05, 3.63) is 57.6 Å². The van der Waals surface area contributed by atoms with Crippen LogP contribution in [0.25, 0.3) is 0 Å². The van der Waals surface area contributed by atoms with Crippen molar-refractivity contribution in [1.29, 1.82) is 0 Å². The molecule has 0 saturated heterocycles. The van der Waals surface area contributed by atoms with E-state index in [0.29, 0.717) is 12.2 Å². The molecule has 1 aromatic heterocycles. The number of nitrogens with one attached hydrogen (secondary N) is 1. The smallest absolute Gasteiger partial charge is 0.270 e. The Morgan fingerprint density at radius 3 is 2.84 bits per heavy atom. The van der Waals surface area contributed by atoms with Gasteiger partial charge in [-0.3, -0.25) is 4.79 Å². The number of ether oxygens (including phenoxy) is 1. The van der Waals surface area contributed by atoms with Gasteiger partial charge in [0.2, 0.25) is 0 Å². The number of amides is 1. The van der Waals surface area contributed by atoms with E-state index in [-0.39, 0.29) is 5.91 Å². The van der Waals surface area contributed by atoms with E-state index in [9.17, 15) is 4.79 Å². The van der Waals surface area contributed by atoms with E-state index < -0.39 is 0 Å². The van der Waals surface area contributed by atoms with Gasteiger partial charge in [-0.15, -0.1) is 11.3 Å². The quantitative estimate of drug-likeness (QED) is 0.750. The topological polar surface area (TPSA) is 51.2 Å². The van der Waals surface area contributed by atoms with E-state index in [0.717, 1.165) is 29.2 Å². The lowest BCUT2D eigenvalue weighted by molar-refractivity contribution is 0.0949. The van der Waals surface area contributed by atoms with E-state index in [1.807, 2.05) is 29.6 Å². The summed E-state index contributed by atoms with van der Waals surface area (Å²) in [5.74, 6) is 0.768. The monoisotopic (exact) mass is 356 g/mol. The Kier molecular flexibility index (Phi) is 6.23. The fraction of sp³-hybridized carbons (Fsp3) is 0.400. The molecule has 2 aromatic rings. The number of allylic oxidation sites excluding steroid dienone is 1. The standard InChI is InChI=1S/C20H24N2O2S/c1-24-17-9-7-16(8-10-17)13-19-22-18(14-25-19)20(23)21-12-11-15-5-3-2-4-6-15/h5,7-10,14H,2-4,6,11-13H2,1H3,(H,21,23). The predicted octanol–water partition coefficient (Wildman–Crippen LogP) is 4.36. The van der Waals surface area contributed by atoms with Gasteiger partial charge < -0.3 is 10.1 Å². The largest absolute Gasteiger partial charge is 0.497 e. The Hall–Kier alpha value is -2.14. The van der Waals surface area contributed by atoms with Crippen molar-refractivity contribution in [2.24, 2.45) is 0 Å². The van der Waals surface area contributed by atoms with Crippen LogP contribution in [0.5, 0.6) is 5.75 Å². The number of aromatic nitrogens is 1. The summed E-state index contributed by atoms with van der Waals surface area (Å²) >= 11 is 1.53. The minimum Gasteiger partial charge on any atom is -0.497 e. The predicted molar refractivity (Wildman–Crippen MR) is 101 cm³/mol. The van der Waals surface area contributed by atoms with Crippen LogP contribution in [0.4, 0.5) is 0 Å². The summed E-state index contributed by atoms with van der Waals surface area (Å²) in [4.78, 5) is 16.7. The molecule has 132 valence electrons. The molecular weight excluding hydrogens is 332 g/mol. The van der Waals surface area contributed by atoms with Gasteiger partial charge in [-0.25, -0.2) is 4.98 Å². The van der Waals surface area contributed by atoms with E-state index in [1.54, 1.807) is 7.11 Å². The fourth-order valence-electron chi connectivity index (χ4n) is 2.97. The van der Waals surface area contributed by atoms with E-state index >= 15 is 0 Å². The van der Waals surface area contributed by atoms with Gasteiger partial charge in [0.15, 0.2) is 0 Å². The lowest BCUT2D eigenvalue weighted by Crippen LogP contribution is -2.25.